The smallest absolute Gasteiger partial charge is 0.348 e. The molecule has 9 heteroatoms. The Morgan fingerprint density at radius 2 is 1.79 bits per heavy atom. The van der Waals surface area contributed by atoms with Gasteiger partial charge in [-0.15, -0.1) is 11.3 Å². The summed E-state index contributed by atoms with van der Waals surface area (Å²) < 4.78 is 20.0. The van der Waals surface area contributed by atoms with E-state index in [1.807, 2.05) is 17.9 Å². The zero-order chi connectivity index (χ0) is 22.9. The number of hydrogen-bond donors (Lipinski definition) is 0. The van der Waals surface area contributed by atoms with Crippen LogP contribution in [-0.2, 0) is 4.74 Å². The van der Waals surface area contributed by atoms with Gasteiger partial charge in [0.15, 0.2) is 0 Å². The highest BCUT2D eigenvalue weighted by Crippen LogP contribution is 2.37. The van der Waals surface area contributed by atoms with E-state index in [0.717, 1.165) is 42.5 Å². The van der Waals surface area contributed by atoms with Crippen LogP contribution in [0.5, 0.6) is 0 Å². The molecule has 6 nitrogen and oxygen atoms in total. The van der Waals surface area contributed by atoms with Gasteiger partial charge >= 0.3 is 5.97 Å². The first kappa shape index (κ1) is 22.3. The molecular weight excluding hydrogens is 463 g/mol. The number of carbonyl (C=O) groups is 1. The second-order valence-electron chi connectivity index (χ2n) is 8.64. The third-order valence-electron chi connectivity index (χ3n) is 6.53. The van der Waals surface area contributed by atoms with E-state index >= 15 is 0 Å². The minimum atomic E-state index is -0.283. The van der Waals surface area contributed by atoms with Crippen LogP contribution in [0.25, 0.3) is 10.2 Å². The number of esters is 1. The molecule has 3 heterocycles. The van der Waals surface area contributed by atoms with Crippen molar-refractivity contribution >= 4 is 50.6 Å². The minimum Gasteiger partial charge on any atom is -0.458 e. The number of carbonyl (C=O) groups excluding carboxylic acids is 1. The summed E-state index contributed by atoms with van der Waals surface area (Å²) in [6.45, 7) is 4.56. The second-order valence-corrected chi connectivity index (χ2v) is 9.98. The fraction of sp³-hybridized carbons (Fsp3) is 0.458. The molecule has 2 fully saturated rings. The van der Waals surface area contributed by atoms with Gasteiger partial charge < -0.3 is 14.5 Å². The molecule has 0 unspecified atom stereocenters. The number of halogens is 2. The van der Waals surface area contributed by atoms with Crippen molar-refractivity contribution in [1.82, 2.24) is 9.97 Å². The van der Waals surface area contributed by atoms with Crippen LogP contribution in [0.4, 0.5) is 15.9 Å². The van der Waals surface area contributed by atoms with Gasteiger partial charge in [0, 0.05) is 26.2 Å². The van der Waals surface area contributed by atoms with Gasteiger partial charge in [-0.05, 0) is 61.9 Å². The van der Waals surface area contributed by atoms with Crippen molar-refractivity contribution in [2.24, 2.45) is 0 Å². The Hall–Kier alpha value is -2.45. The Morgan fingerprint density at radius 3 is 2.52 bits per heavy atom. The third-order valence-corrected chi connectivity index (χ3v) is 7.86. The van der Waals surface area contributed by atoms with Crippen molar-refractivity contribution in [1.29, 1.82) is 0 Å². The monoisotopic (exact) mass is 488 g/mol. The molecule has 33 heavy (non-hydrogen) atoms. The quantitative estimate of drug-likeness (QED) is 0.351. The number of benzene rings is 1. The van der Waals surface area contributed by atoms with Crippen LogP contribution in [0.2, 0.25) is 5.28 Å². The number of rotatable bonds is 4. The van der Waals surface area contributed by atoms with Crippen LogP contribution in [-0.4, -0.2) is 48.2 Å². The summed E-state index contributed by atoms with van der Waals surface area (Å²) in [7, 11) is 0. The van der Waals surface area contributed by atoms with Gasteiger partial charge in [0.05, 0.1) is 11.1 Å². The van der Waals surface area contributed by atoms with Crippen molar-refractivity contribution in [2.75, 3.05) is 36.0 Å². The molecule has 0 radical (unpaired) electrons. The van der Waals surface area contributed by atoms with Crippen molar-refractivity contribution in [3.8, 4) is 0 Å². The Morgan fingerprint density at radius 1 is 1.09 bits per heavy atom. The number of aromatic nitrogens is 2. The van der Waals surface area contributed by atoms with Crippen molar-refractivity contribution in [3.05, 3.63) is 45.8 Å². The maximum absolute atomic E-state index is 14.2. The molecule has 3 aromatic rings. The largest absolute Gasteiger partial charge is 0.458 e. The number of nitrogens with zero attached hydrogens (tertiary/aromatic N) is 4. The molecule has 0 atom stereocenters. The number of anilines is 2. The van der Waals surface area contributed by atoms with Crippen LogP contribution in [0, 0.1) is 12.7 Å². The first-order valence-electron chi connectivity index (χ1n) is 11.4. The van der Waals surface area contributed by atoms with Gasteiger partial charge in [-0.25, -0.2) is 14.2 Å². The first-order chi connectivity index (χ1) is 16.0. The lowest BCUT2D eigenvalue weighted by Crippen LogP contribution is -2.47. The van der Waals surface area contributed by atoms with E-state index in [0.29, 0.717) is 41.6 Å². The van der Waals surface area contributed by atoms with E-state index in [4.69, 9.17) is 16.3 Å². The molecule has 1 aliphatic carbocycles. The molecule has 1 aromatic carbocycles. The summed E-state index contributed by atoms with van der Waals surface area (Å²) in [5, 5.41) is 1.00. The van der Waals surface area contributed by atoms with Gasteiger partial charge in [0.1, 0.15) is 27.4 Å². The molecule has 1 aliphatic heterocycles. The summed E-state index contributed by atoms with van der Waals surface area (Å²) in [5.41, 5.74) is 1.45. The summed E-state index contributed by atoms with van der Waals surface area (Å²) in [5.74, 6) is 0.228. The molecule has 2 aliphatic rings. The molecule has 0 N–H and O–H groups in total. The number of ether oxygens (including phenoxy) is 1. The van der Waals surface area contributed by atoms with Crippen LogP contribution >= 0.6 is 22.9 Å². The highest BCUT2D eigenvalue weighted by atomic mass is 35.5. The zero-order valence-corrected chi connectivity index (χ0v) is 20.1. The molecule has 0 spiro atoms. The van der Waals surface area contributed by atoms with Gasteiger partial charge in [-0.3, -0.25) is 0 Å². The third kappa shape index (κ3) is 4.51. The molecule has 2 aromatic heterocycles. The number of fused-ring (bicyclic) bond motifs is 1. The van der Waals surface area contributed by atoms with Crippen molar-refractivity contribution < 1.29 is 13.9 Å². The van der Waals surface area contributed by atoms with Crippen LogP contribution in [0.1, 0.15) is 47.3 Å². The SMILES string of the molecule is Cc1c(C(=O)OC2CCCCC2)sc2nc(Cl)nc(N3CCN(c4ccccc4F)CC3)c12. The van der Waals surface area contributed by atoms with Crippen molar-refractivity contribution in [3.63, 3.8) is 0 Å². The second kappa shape index (κ2) is 9.43. The molecule has 174 valence electrons. The lowest BCUT2D eigenvalue weighted by atomic mass is 9.98. The summed E-state index contributed by atoms with van der Waals surface area (Å²) in [6.07, 6.45) is 5.27. The Balaban J connectivity index is 1.39. The molecule has 0 bridgehead atoms. The van der Waals surface area contributed by atoms with E-state index in [1.165, 1.54) is 23.8 Å². The van der Waals surface area contributed by atoms with E-state index in [1.54, 1.807) is 12.1 Å². The Kier molecular flexibility index (Phi) is 6.38. The van der Waals surface area contributed by atoms with E-state index in [-0.39, 0.29) is 23.2 Å². The Labute approximate surface area is 201 Å². The van der Waals surface area contributed by atoms with Crippen LogP contribution < -0.4 is 9.80 Å². The number of aryl methyl sites for hydroxylation is 1. The molecule has 5 rings (SSSR count). The number of thiophene rings is 1. The van der Waals surface area contributed by atoms with Gasteiger partial charge in [-0.2, -0.15) is 4.98 Å². The zero-order valence-electron chi connectivity index (χ0n) is 18.5. The number of piperazine rings is 1. The highest BCUT2D eigenvalue weighted by Gasteiger charge is 2.28. The molecular formula is C24H26ClFN4O2S. The van der Waals surface area contributed by atoms with Crippen molar-refractivity contribution in [2.45, 2.75) is 45.1 Å². The molecule has 0 amide bonds. The maximum atomic E-state index is 14.2. The van der Waals surface area contributed by atoms with E-state index < -0.39 is 0 Å². The molecule has 1 saturated carbocycles. The van der Waals surface area contributed by atoms with Crippen LogP contribution in [0.3, 0.4) is 0 Å². The van der Waals surface area contributed by atoms with E-state index in [9.17, 15) is 9.18 Å². The predicted octanol–water partition coefficient (Wildman–Crippen LogP) is 5.61. The van der Waals surface area contributed by atoms with Crippen LogP contribution in [0.15, 0.2) is 24.3 Å². The topological polar surface area (TPSA) is 58.6 Å². The van der Waals surface area contributed by atoms with Gasteiger partial charge in [0.25, 0.3) is 0 Å². The van der Waals surface area contributed by atoms with Gasteiger partial charge in [-0.1, -0.05) is 18.6 Å². The minimum absolute atomic E-state index is 0.00327. The average molecular weight is 489 g/mol. The normalized spacial score (nSPS) is 17.5. The summed E-state index contributed by atoms with van der Waals surface area (Å²) in [4.78, 5) is 27.3. The average Bonchev–Trinajstić information content (AvgIpc) is 3.16. The molecule has 1 saturated heterocycles. The summed E-state index contributed by atoms with van der Waals surface area (Å²) >= 11 is 7.58. The lowest BCUT2D eigenvalue weighted by Gasteiger charge is -2.37. The summed E-state index contributed by atoms with van der Waals surface area (Å²) in [6, 6.07) is 6.84. The van der Waals surface area contributed by atoms with E-state index in [2.05, 4.69) is 14.9 Å². The fourth-order valence-electron chi connectivity index (χ4n) is 4.77. The highest BCUT2D eigenvalue weighted by molar-refractivity contribution is 7.20. The number of hydrogen-bond acceptors (Lipinski definition) is 7. The number of para-hydroxylation sites is 1. The first-order valence-corrected chi connectivity index (χ1v) is 12.6. The lowest BCUT2D eigenvalue weighted by molar-refractivity contribution is 0.0216. The van der Waals surface area contributed by atoms with Gasteiger partial charge in [0.2, 0.25) is 5.28 Å². The Bertz CT molecular complexity index is 1170. The predicted molar refractivity (Wildman–Crippen MR) is 130 cm³/mol. The standard InChI is InChI=1S/C24H26ClFN4O2S/c1-15-19-21(30-13-11-29(12-14-30)18-10-6-5-9-17(18)26)27-24(25)28-22(19)33-20(15)23(31)32-16-7-3-2-4-8-16/h5-6,9-10,16H,2-4,7-8,11-14H2,1H3. The fourth-order valence-corrected chi connectivity index (χ4v) is 6.04. The maximum Gasteiger partial charge on any atom is 0.348 e.